The van der Waals surface area contributed by atoms with Gasteiger partial charge in [-0.05, 0) is 41.4 Å². The van der Waals surface area contributed by atoms with Crippen LogP contribution in [0.1, 0.15) is 21.6 Å². The van der Waals surface area contributed by atoms with E-state index in [1.807, 2.05) is 33.0 Å². The summed E-state index contributed by atoms with van der Waals surface area (Å²) in [6.45, 7) is 3.82. The maximum absolute atomic E-state index is 12.2. The Morgan fingerprint density at radius 3 is 2.72 bits per heavy atom. The summed E-state index contributed by atoms with van der Waals surface area (Å²) in [4.78, 5) is 12.2. The summed E-state index contributed by atoms with van der Waals surface area (Å²) >= 11 is 3.44. The summed E-state index contributed by atoms with van der Waals surface area (Å²) in [6, 6.07) is 5.61. The predicted octanol–water partition coefficient (Wildman–Crippen LogP) is 3.05. The van der Waals surface area contributed by atoms with E-state index in [2.05, 4.69) is 26.3 Å². The third-order valence-electron chi connectivity index (χ3n) is 2.70. The minimum Gasteiger partial charge on any atom is -0.319 e. The maximum atomic E-state index is 12.2. The van der Waals surface area contributed by atoms with Crippen LogP contribution in [0, 0.1) is 13.8 Å². The highest BCUT2D eigenvalue weighted by Crippen LogP contribution is 2.22. The number of carbonyl (C=O) groups excluding carboxylic acids is 1. The summed E-state index contributed by atoms with van der Waals surface area (Å²) in [7, 11) is 1.82. The molecule has 0 aliphatic carbocycles. The molecule has 94 valence electrons. The van der Waals surface area contributed by atoms with Gasteiger partial charge in [0.1, 0.15) is 0 Å². The number of rotatable bonds is 2. The van der Waals surface area contributed by atoms with Crippen molar-refractivity contribution in [2.45, 2.75) is 13.8 Å². The first-order valence-electron chi connectivity index (χ1n) is 5.55. The maximum Gasteiger partial charge on any atom is 0.256 e. The van der Waals surface area contributed by atoms with Crippen LogP contribution in [-0.4, -0.2) is 15.7 Å². The van der Waals surface area contributed by atoms with Crippen molar-refractivity contribution < 1.29 is 4.79 Å². The SMILES string of the molecule is Cc1cccc(C(=O)Nc2cn(C)nc2C)c1Br. The van der Waals surface area contributed by atoms with Crippen molar-refractivity contribution in [2.75, 3.05) is 5.32 Å². The Kier molecular flexibility index (Phi) is 3.52. The van der Waals surface area contributed by atoms with E-state index in [-0.39, 0.29) is 5.91 Å². The molecule has 18 heavy (non-hydrogen) atoms. The average molecular weight is 308 g/mol. The third-order valence-corrected chi connectivity index (χ3v) is 3.75. The highest BCUT2D eigenvalue weighted by molar-refractivity contribution is 9.10. The van der Waals surface area contributed by atoms with E-state index in [1.165, 1.54) is 0 Å². The zero-order valence-electron chi connectivity index (χ0n) is 10.5. The van der Waals surface area contributed by atoms with Crippen LogP contribution in [0.2, 0.25) is 0 Å². The molecule has 0 spiro atoms. The van der Waals surface area contributed by atoms with Crippen LogP contribution >= 0.6 is 15.9 Å². The van der Waals surface area contributed by atoms with Gasteiger partial charge in [0.25, 0.3) is 5.91 Å². The van der Waals surface area contributed by atoms with E-state index in [0.29, 0.717) is 5.56 Å². The van der Waals surface area contributed by atoms with Crippen LogP contribution < -0.4 is 5.32 Å². The first-order valence-corrected chi connectivity index (χ1v) is 6.35. The lowest BCUT2D eigenvalue weighted by atomic mass is 10.1. The van der Waals surface area contributed by atoms with Gasteiger partial charge in [0.2, 0.25) is 0 Å². The molecule has 0 atom stereocenters. The molecule has 1 amide bonds. The highest BCUT2D eigenvalue weighted by Gasteiger charge is 2.13. The minimum absolute atomic E-state index is 0.137. The van der Waals surface area contributed by atoms with Crippen molar-refractivity contribution in [2.24, 2.45) is 7.05 Å². The highest BCUT2D eigenvalue weighted by atomic mass is 79.9. The lowest BCUT2D eigenvalue weighted by Crippen LogP contribution is -2.13. The zero-order chi connectivity index (χ0) is 13.3. The second-order valence-electron chi connectivity index (χ2n) is 4.19. The first-order chi connectivity index (χ1) is 8.49. The number of nitrogens with zero attached hydrogens (tertiary/aromatic N) is 2. The number of nitrogens with one attached hydrogen (secondary N) is 1. The lowest BCUT2D eigenvalue weighted by Gasteiger charge is -2.07. The number of hydrogen-bond donors (Lipinski definition) is 1. The van der Waals surface area contributed by atoms with Crippen LogP contribution in [0.25, 0.3) is 0 Å². The second kappa shape index (κ2) is 4.94. The standard InChI is InChI=1S/C13H14BrN3O/c1-8-5-4-6-10(12(8)14)13(18)15-11-7-17(3)16-9(11)2/h4-7H,1-3H3,(H,15,18). The van der Waals surface area contributed by atoms with Gasteiger partial charge in [-0.3, -0.25) is 9.48 Å². The van der Waals surface area contributed by atoms with Gasteiger partial charge in [0.05, 0.1) is 16.9 Å². The number of aromatic nitrogens is 2. The first kappa shape index (κ1) is 12.8. The average Bonchev–Trinajstić information content (AvgIpc) is 2.61. The topological polar surface area (TPSA) is 46.9 Å². The van der Waals surface area contributed by atoms with Crippen LogP contribution in [0.3, 0.4) is 0 Å². The Morgan fingerprint density at radius 2 is 2.11 bits per heavy atom. The Morgan fingerprint density at radius 1 is 1.39 bits per heavy atom. The van der Waals surface area contributed by atoms with Gasteiger partial charge in [-0.2, -0.15) is 5.10 Å². The van der Waals surface area contributed by atoms with Crippen LogP contribution in [0.4, 0.5) is 5.69 Å². The quantitative estimate of drug-likeness (QED) is 0.927. The van der Waals surface area contributed by atoms with Crippen LogP contribution in [-0.2, 0) is 7.05 Å². The van der Waals surface area contributed by atoms with Crippen molar-refractivity contribution in [1.29, 1.82) is 0 Å². The molecular formula is C13H14BrN3O. The van der Waals surface area contributed by atoms with E-state index >= 15 is 0 Å². The van der Waals surface area contributed by atoms with E-state index < -0.39 is 0 Å². The molecule has 0 aliphatic heterocycles. The zero-order valence-corrected chi connectivity index (χ0v) is 12.1. The Labute approximate surface area is 114 Å². The Hall–Kier alpha value is -1.62. The number of carbonyl (C=O) groups is 1. The number of hydrogen-bond acceptors (Lipinski definition) is 2. The third kappa shape index (κ3) is 2.46. The molecule has 2 aromatic rings. The van der Waals surface area contributed by atoms with Gasteiger partial charge in [-0.25, -0.2) is 0 Å². The molecule has 0 unspecified atom stereocenters. The molecule has 1 heterocycles. The predicted molar refractivity (Wildman–Crippen MR) is 74.8 cm³/mol. The van der Waals surface area contributed by atoms with Gasteiger partial charge < -0.3 is 5.32 Å². The Balaban J connectivity index is 2.27. The largest absolute Gasteiger partial charge is 0.319 e. The molecule has 2 rings (SSSR count). The van der Waals surface area contributed by atoms with Crippen molar-refractivity contribution in [3.63, 3.8) is 0 Å². The van der Waals surface area contributed by atoms with Crippen molar-refractivity contribution in [3.8, 4) is 0 Å². The molecule has 0 radical (unpaired) electrons. The van der Waals surface area contributed by atoms with Gasteiger partial charge in [0.15, 0.2) is 0 Å². The summed E-state index contributed by atoms with van der Waals surface area (Å²) in [5.74, 6) is -0.137. The van der Waals surface area contributed by atoms with Crippen LogP contribution in [0.15, 0.2) is 28.9 Å². The van der Waals surface area contributed by atoms with Gasteiger partial charge in [-0.15, -0.1) is 0 Å². The second-order valence-corrected chi connectivity index (χ2v) is 4.99. The fraction of sp³-hybridized carbons (Fsp3) is 0.231. The molecule has 1 aromatic heterocycles. The molecule has 0 bridgehead atoms. The number of aryl methyl sites for hydroxylation is 3. The summed E-state index contributed by atoms with van der Waals surface area (Å²) in [5, 5.41) is 7.05. The van der Waals surface area contributed by atoms with Crippen LogP contribution in [0.5, 0.6) is 0 Å². The van der Waals surface area contributed by atoms with Crippen molar-refractivity contribution in [3.05, 3.63) is 45.7 Å². The fourth-order valence-corrected chi connectivity index (χ4v) is 2.18. The van der Waals surface area contributed by atoms with E-state index in [0.717, 1.165) is 21.4 Å². The molecule has 1 N–H and O–H groups in total. The number of anilines is 1. The molecular weight excluding hydrogens is 294 g/mol. The van der Waals surface area contributed by atoms with Gasteiger partial charge in [-0.1, -0.05) is 12.1 Å². The van der Waals surface area contributed by atoms with Gasteiger partial charge in [0, 0.05) is 17.7 Å². The lowest BCUT2D eigenvalue weighted by molar-refractivity contribution is 0.102. The molecule has 4 nitrogen and oxygen atoms in total. The molecule has 0 aliphatic rings. The summed E-state index contributed by atoms with van der Waals surface area (Å²) in [6.07, 6.45) is 1.79. The van der Waals surface area contributed by atoms with Gasteiger partial charge >= 0.3 is 0 Å². The monoisotopic (exact) mass is 307 g/mol. The summed E-state index contributed by atoms with van der Waals surface area (Å²) in [5.41, 5.74) is 3.19. The number of halogens is 1. The molecule has 0 saturated heterocycles. The molecule has 5 heteroatoms. The summed E-state index contributed by atoms with van der Waals surface area (Å²) < 4.78 is 2.50. The molecule has 0 saturated carbocycles. The van der Waals surface area contributed by atoms with Crippen molar-refractivity contribution >= 4 is 27.5 Å². The molecule has 0 fully saturated rings. The Bertz CT molecular complexity index is 604. The number of benzene rings is 1. The van der Waals surface area contributed by atoms with Crippen molar-refractivity contribution in [1.82, 2.24) is 9.78 Å². The number of amides is 1. The molecule has 1 aromatic carbocycles. The minimum atomic E-state index is -0.137. The fourth-order valence-electron chi connectivity index (χ4n) is 1.73. The van der Waals surface area contributed by atoms with E-state index in [1.54, 1.807) is 16.9 Å². The smallest absolute Gasteiger partial charge is 0.256 e. The van der Waals surface area contributed by atoms with E-state index in [9.17, 15) is 4.79 Å². The van der Waals surface area contributed by atoms with E-state index in [4.69, 9.17) is 0 Å². The normalized spacial score (nSPS) is 10.4.